The van der Waals surface area contributed by atoms with E-state index in [0.717, 1.165) is 43.4 Å². The van der Waals surface area contributed by atoms with E-state index in [-0.39, 0.29) is 6.61 Å². The molecular weight excluding hydrogens is 340 g/mol. The van der Waals surface area contributed by atoms with E-state index in [4.69, 9.17) is 16.7 Å². The number of piperidine rings is 1. The van der Waals surface area contributed by atoms with Crippen LogP contribution in [0.15, 0.2) is 18.3 Å². The Morgan fingerprint density at radius 3 is 2.76 bits per heavy atom. The highest BCUT2D eigenvalue weighted by atomic mass is 35.5. The molecule has 0 unspecified atom stereocenters. The number of hydrogen-bond acceptors (Lipinski definition) is 6. The number of nitrogens with zero attached hydrogens (tertiary/aromatic N) is 6. The number of rotatable bonds is 6. The number of likely N-dealkylation sites (N-methyl/N-ethyl adjacent to an activating group) is 1. The number of aromatic nitrogens is 4. The quantitative estimate of drug-likeness (QED) is 0.840. The summed E-state index contributed by atoms with van der Waals surface area (Å²) in [7, 11) is 4.00. The lowest BCUT2D eigenvalue weighted by Crippen LogP contribution is -2.34. The molecule has 1 fully saturated rings. The molecule has 8 heteroatoms. The summed E-state index contributed by atoms with van der Waals surface area (Å²) < 4.78 is 2.10. The highest BCUT2D eigenvalue weighted by Gasteiger charge is 2.26. The second-order valence-corrected chi connectivity index (χ2v) is 6.97. The van der Waals surface area contributed by atoms with Crippen LogP contribution in [0.3, 0.4) is 0 Å². The molecule has 1 aliphatic heterocycles. The number of aliphatic hydroxyl groups excluding tert-OH is 1. The lowest BCUT2D eigenvalue weighted by atomic mass is 9.96. The average molecular weight is 365 g/mol. The monoisotopic (exact) mass is 364 g/mol. The zero-order valence-corrected chi connectivity index (χ0v) is 15.5. The van der Waals surface area contributed by atoms with Crippen molar-refractivity contribution in [3.63, 3.8) is 0 Å². The van der Waals surface area contributed by atoms with Crippen LogP contribution >= 0.6 is 11.6 Å². The van der Waals surface area contributed by atoms with Gasteiger partial charge in [0.25, 0.3) is 0 Å². The maximum absolute atomic E-state index is 9.03. The van der Waals surface area contributed by atoms with Gasteiger partial charge in [-0.2, -0.15) is 0 Å². The third kappa shape index (κ3) is 4.11. The molecule has 0 atom stereocenters. The molecule has 0 saturated carbocycles. The Morgan fingerprint density at radius 2 is 2.08 bits per heavy atom. The molecule has 2 aromatic heterocycles. The van der Waals surface area contributed by atoms with E-state index in [1.807, 2.05) is 31.1 Å². The SMILES string of the molecule is CN(CCO)Cc1nnc(C2CCN(c3ncccc3Cl)CC2)n1C. The maximum atomic E-state index is 9.03. The van der Waals surface area contributed by atoms with Crippen LogP contribution in [0.5, 0.6) is 0 Å². The number of aliphatic hydroxyl groups is 1. The van der Waals surface area contributed by atoms with Gasteiger partial charge in [0.05, 0.1) is 18.2 Å². The van der Waals surface area contributed by atoms with Crippen molar-refractivity contribution < 1.29 is 5.11 Å². The van der Waals surface area contributed by atoms with Gasteiger partial charge in [0.1, 0.15) is 17.5 Å². The van der Waals surface area contributed by atoms with Gasteiger partial charge in [0.2, 0.25) is 0 Å². The van der Waals surface area contributed by atoms with Gasteiger partial charge < -0.3 is 14.6 Å². The smallest absolute Gasteiger partial charge is 0.147 e. The van der Waals surface area contributed by atoms with Gasteiger partial charge in [-0.3, -0.25) is 4.90 Å². The summed E-state index contributed by atoms with van der Waals surface area (Å²) in [6.07, 6.45) is 3.79. The molecule has 3 heterocycles. The predicted octanol–water partition coefficient (Wildman–Crippen LogP) is 1.67. The average Bonchev–Trinajstić information content (AvgIpc) is 2.96. The van der Waals surface area contributed by atoms with Crippen LogP contribution < -0.4 is 4.90 Å². The van der Waals surface area contributed by atoms with Crippen LogP contribution in [0.1, 0.15) is 30.4 Å². The fourth-order valence-electron chi connectivity index (χ4n) is 3.32. The number of hydrogen-bond donors (Lipinski definition) is 1. The normalized spacial score (nSPS) is 16.0. The first-order valence-electron chi connectivity index (χ1n) is 8.63. The third-order valence-electron chi connectivity index (χ3n) is 4.79. The van der Waals surface area contributed by atoms with Crippen molar-refractivity contribution in [1.29, 1.82) is 0 Å². The van der Waals surface area contributed by atoms with Crippen LogP contribution in [0, 0.1) is 0 Å². The molecule has 3 rings (SSSR count). The number of anilines is 1. The molecule has 0 bridgehead atoms. The molecule has 1 aliphatic rings. The Kier molecular flexibility index (Phi) is 5.88. The summed E-state index contributed by atoms with van der Waals surface area (Å²) >= 11 is 6.26. The predicted molar refractivity (Wildman–Crippen MR) is 97.9 cm³/mol. The molecule has 25 heavy (non-hydrogen) atoms. The Morgan fingerprint density at radius 1 is 1.32 bits per heavy atom. The summed E-state index contributed by atoms with van der Waals surface area (Å²) in [5, 5.41) is 18.5. The van der Waals surface area contributed by atoms with E-state index < -0.39 is 0 Å². The van der Waals surface area contributed by atoms with Gasteiger partial charge in [-0.1, -0.05) is 11.6 Å². The second kappa shape index (κ2) is 8.12. The van der Waals surface area contributed by atoms with Gasteiger partial charge >= 0.3 is 0 Å². The largest absolute Gasteiger partial charge is 0.395 e. The van der Waals surface area contributed by atoms with E-state index in [0.29, 0.717) is 24.0 Å². The summed E-state index contributed by atoms with van der Waals surface area (Å²) in [6.45, 7) is 3.29. The van der Waals surface area contributed by atoms with Crippen molar-refractivity contribution in [1.82, 2.24) is 24.6 Å². The Bertz CT molecular complexity index is 698. The molecule has 0 aliphatic carbocycles. The number of pyridine rings is 1. The molecule has 136 valence electrons. The topological polar surface area (TPSA) is 70.3 Å². The van der Waals surface area contributed by atoms with Crippen LogP contribution in [-0.2, 0) is 13.6 Å². The van der Waals surface area contributed by atoms with E-state index in [1.165, 1.54) is 0 Å². The zero-order chi connectivity index (χ0) is 17.8. The Balaban J connectivity index is 1.63. The molecule has 1 saturated heterocycles. The fourth-order valence-corrected chi connectivity index (χ4v) is 3.56. The van der Waals surface area contributed by atoms with E-state index in [2.05, 4.69) is 24.6 Å². The van der Waals surface area contributed by atoms with Gasteiger partial charge in [-0.15, -0.1) is 10.2 Å². The summed E-state index contributed by atoms with van der Waals surface area (Å²) in [6, 6.07) is 3.74. The highest BCUT2D eigenvalue weighted by Crippen LogP contribution is 2.31. The number of halogens is 1. The van der Waals surface area contributed by atoms with E-state index in [1.54, 1.807) is 6.20 Å². The zero-order valence-electron chi connectivity index (χ0n) is 14.8. The van der Waals surface area contributed by atoms with Crippen molar-refractivity contribution in [3.8, 4) is 0 Å². The van der Waals surface area contributed by atoms with Crippen LogP contribution in [0.4, 0.5) is 5.82 Å². The van der Waals surface area contributed by atoms with Crippen LogP contribution in [0.25, 0.3) is 0 Å². The minimum atomic E-state index is 0.149. The van der Waals surface area contributed by atoms with Gasteiger partial charge in [0, 0.05) is 38.8 Å². The second-order valence-electron chi connectivity index (χ2n) is 6.56. The van der Waals surface area contributed by atoms with Crippen molar-refractivity contribution in [3.05, 3.63) is 35.0 Å². The summed E-state index contributed by atoms with van der Waals surface area (Å²) in [5.74, 6) is 3.24. The first-order chi connectivity index (χ1) is 12.1. The standard InChI is InChI=1S/C17H25ClN6O/c1-22(10-11-25)12-15-20-21-16(23(15)2)13-5-8-24(9-6-13)17-14(18)4-3-7-19-17/h3-4,7,13,25H,5-6,8-12H2,1-2H3. The molecule has 0 radical (unpaired) electrons. The molecule has 0 aromatic carbocycles. The van der Waals surface area contributed by atoms with Crippen molar-refractivity contribution >= 4 is 17.4 Å². The summed E-state index contributed by atoms with van der Waals surface area (Å²) in [5.41, 5.74) is 0. The van der Waals surface area contributed by atoms with Crippen molar-refractivity contribution in [2.24, 2.45) is 7.05 Å². The van der Waals surface area contributed by atoms with Gasteiger partial charge in [-0.25, -0.2) is 4.98 Å². The van der Waals surface area contributed by atoms with Crippen molar-refractivity contribution in [2.45, 2.75) is 25.3 Å². The van der Waals surface area contributed by atoms with Crippen molar-refractivity contribution in [2.75, 3.05) is 38.2 Å². The third-order valence-corrected chi connectivity index (χ3v) is 5.09. The summed E-state index contributed by atoms with van der Waals surface area (Å²) in [4.78, 5) is 8.69. The first kappa shape index (κ1) is 18.1. The molecule has 1 N–H and O–H groups in total. The Hall–Kier alpha value is -1.70. The minimum absolute atomic E-state index is 0.149. The maximum Gasteiger partial charge on any atom is 0.147 e. The van der Waals surface area contributed by atoms with E-state index in [9.17, 15) is 0 Å². The van der Waals surface area contributed by atoms with Gasteiger partial charge in [-0.05, 0) is 32.0 Å². The van der Waals surface area contributed by atoms with Crippen LogP contribution in [-0.4, -0.2) is 63.0 Å². The highest BCUT2D eigenvalue weighted by molar-refractivity contribution is 6.32. The molecule has 7 nitrogen and oxygen atoms in total. The van der Waals surface area contributed by atoms with Gasteiger partial charge in [0.15, 0.2) is 0 Å². The minimum Gasteiger partial charge on any atom is -0.395 e. The first-order valence-corrected chi connectivity index (χ1v) is 9.01. The molecule has 2 aromatic rings. The molecule has 0 amide bonds. The fraction of sp³-hybridized carbons (Fsp3) is 0.588. The Labute approximate surface area is 153 Å². The molecular formula is C17H25ClN6O. The van der Waals surface area contributed by atoms with E-state index >= 15 is 0 Å². The lowest BCUT2D eigenvalue weighted by Gasteiger charge is -2.32. The lowest BCUT2D eigenvalue weighted by molar-refractivity contribution is 0.213. The van der Waals surface area contributed by atoms with Crippen LogP contribution in [0.2, 0.25) is 5.02 Å². The molecule has 0 spiro atoms.